The van der Waals surface area contributed by atoms with Gasteiger partial charge < -0.3 is 0 Å². The van der Waals surface area contributed by atoms with Crippen LogP contribution in [-0.4, -0.2) is 20.2 Å². The smallest absolute Gasteiger partial charge is 0.167 e. The third kappa shape index (κ3) is 2.79. The fourth-order valence-corrected chi connectivity index (χ4v) is 0.379. The molecule has 0 amide bonds. The second-order valence-electron chi connectivity index (χ2n) is 1.33. The summed E-state index contributed by atoms with van der Waals surface area (Å²) in [5.41, 5.74) is 0. The predicted molar refractivity (Wildman–Crippen MR) is 34.9 cm³/mol. The highest BCUT2D eigenvalue weighted by molar-refractivity contribution is 4.65. The Bertz CT molecular complexity index is 141. The van der Waals surface area contributed by atoms with Crippen LogP contribution in [0.15, 0.2) is 0 Å². The Kier molecular flexibility index (Phi) is 3.59. The summed E-state index contributed by atoms with van der Waals surface area (Å²) >= 11 is 0. The third-order valence-electron chi connectivity index (χ3n) is 0.608. The molecule has 4 nitrogen and oxygen atoms in total. The molecule has 0 spiro atoms. The zero-order valence-electron chi connectivity index (χ0n) is 6.29. The van der Waals surface area contributed by atoms with Gasteiger partial charge in [0.15, 0.2) is 5.82 Å². The minimum absolute atomic E-state index is 0.711. The molecule has 4 heteroatoms. The van der Waals surface area contributed by atoms with E-state index in [-0.39, 0.29) is 0 Å². The van der Waals surface area contributed by atoms with Gasteiger partial charge in [0, 0.05) is 0 Å². The van der Waals surface area contributed by atoms with E-state index in [1.54, 1.807) is 14.0 Å². The van der Waals surface area contributed by atoms with Crippen molar-refractivity contribution in [1.82, 2.24) is 20.2 Å². The molecular formula is C5H12N4. The first kappa shape index (κ1) is 8.07. The maximum atomic E-state index is 3.81. The standard InChI is InChI=1S/C3H6N4.C2H6/c1-3-4-6-7(2)5-3;1-2/h1-2H3;1-2H3. The summed E-state index contributed by atoms with van der Waals surface area (Å²) < 4.78 is 0. The lowest BCUT2D eigenvalue weighted by Gasteiger charge is -1.73. The van der Waals surface area contributed by atoms with Crippen molar-refractivity contribution in [2.24, 2.45) is 7.05 Å². The second kappa shape index (κ2) is 4.00. The van der Waals surface area contributed by atoms with Crippen LogP contribution in [0.3, 0.4) is 0 Å². The van der Waals surface area contributed by atoms with Gasteiger partial charge in [0.1, 0.15) is 0 Å². The number of aromatic nitrogens is 4. The number of hydrogen-bond acceptors (Lipinski definition) is 3. The summed E-state index contributed by atoms with van der Waals surface area (Å²) in [5, 5.41) is 11.0. The maximum absolute atomic E-state index is 3.81. The summed E-state index contributed by atoms with van der Waals surface area (Å²) in [6.45, 7) is 5.80. The van der Waals surface area contributed by atoms with E-state index < -0.39 is 0 Å². The fraction of sp³-hybridized carbons (Fsp3) is 0.800. The molecule has 1 rings (SSSR count). The van der Waals surface area contributed by atoms with Crippen LogP contribution in [0, 0.1) is 6.92 Å². The van der Waals surface area contributed by atoms with Crippen molar-refractivity contribution in [1.29, 1.82) is 0 Å². The summed E-state index contributed by atoms with van der Waals surface area (Å²) in [5.74, 6) is 0.711. The Hall–Kier alpha value is -0.930. The zero-order valence-corrected chi connectivity index (χ0v) is 6.29. The van der Waals surface area contributed by atoms with Gasteiger partial charge >= 0.3 is 0 Å². The summed E-state index contributed by atoms with van der Waals surface area (Å²) in [7, 11) is 1.74. The van der Waals surface area contributed by atoms with Gasteiger partial charge in [-0.05, 0) is 12.1 Å². The molecule has 0 unspecified atom stereocenters. The van der Waals surface area contributed by atoms with Gasteiger partial charge in [0.05, 0.1) is 7.05 Å². The normalized spacial score (nSPS) is 8.00. The lowest BCUT2D eigenvalue weighted by atomic mass is 10.8. The van der Waals surface area contributed by atoms with Crippen LogP contribution in [0.4, 0.5) is 0 Å². The van der Waals surface area contributed by atoms with E-state index in [1.165, 1.54) is 4.80 Å². The summed E-state index contributed by atoms with van der Waals surface area (Å²) in [6.07, 6.45) is 0. The Morgan fingerprint density at radius 2 is 1.89 bits per heavy atom. The number of hydrogen-bond donors (Lipinski definition) is 0. The van der Waals surface area contributed by atoms with E-state index in [9.17, 15) is 0 Å². The largest absolute Gasteiger partial charge is 0.171 e. The van der Waals surface area contributed by atoms with Crippen molar-refractivity contribution >= 4 is 0 Å². The number of tetrazole rings is 1. The fourth-order valence-electron chi connectivity index (χ4n) is 0.379. The van der Waals surface area contributed by atoms with Gasteiger partial charge in [0.2, 0.25) is 0 Å². The van der Waals surface area contributed by atoms with E-state index in [4.69, 9.17) is 0 Å². The van der Waals surface area contributed by atoms with Gasteiger partial charge in [-0.15, -0.1) is 10.2 Å². The highest BCUT2D eigenvalue weighted by Gasteiger charge is 1.85. The van der Waals surface area contributed by atoms with E-state index in [0.717, 1.165) is 0 Å². The van der Waals surface area contributed by atoms with Gasteiger partial charge in [-0.3, -0.25) is 0 Å². The van der Waals surface area contributed by atoms with E-state index >= 15 is 0 Å². The molecule has 1 aromatic heterocycles. The monoisotopic (exact) mass is 128 g/mol. The molecule has 9 heavy (non-hydrogen) atoms. The molecule has 0 aliphatic rings. The Labute approximate surface area is 54.9 Å². The van der Waals surface area contributed by atoms with Crippen molar-refractivity contribution in [3.8, 4) is 0 Å². The van der Waals surface area contributed by atoms with Crippen LogP contribution in [0.5, 0.6) is 0 Å². The average molecular weight is 128 g/mol. The first-order chi connectivity index (χ1) is 4.29. The van der Waals surface area contributed by atoms with Crippen LogP contribution in [-0.2, 0) is 7.05 Å². The minimum Gasteiger partial charge on any atom is -0.167 e. The maximum Gasteiger partial charge on any atom is 0.171 e. The lowest BCUT2D eigenvalue weighted by Crippen LogP contribution is -1.91. The molecule has 0 N–H and O–H groups in total. The van der Waals surface area contributed by atoms with E-state index in [0.29, 0.717) is 5.82 Å². The van der Waals surface area contributed by atoms with Crippen LogP contribution < -0.4 is 0 Å². The molecule has 0 saturated heterocycles. The van der Waals surface area contributed by atoms with E-state index in [1.807, 2.05) is 13.8 Å². The molecule has 1 aromatic rings. The van der Waals surface area contributed by atoms with Crippen LogP contribution in [0.2, 0.25) is 0 Å². The summed E-state index contributed by atoms with van der Waals surface area (Å²) in [4.78, 5) is 1.43. The number of nitrogens with zero attached hydrogens (tertiary/aromatic N) is 4. The molecule has 0 saturated carbocycles. The minimum atomic E-state index is 0.711. The predicted octanol–water partition coefficient (Wildman–Crippen LogP) is 0.545. The van der Waals surface area contributed by atoms with Gasteiger partial charge in [-0.1, -0.05) is 13.8 Å². The molecular weight excluding hydrogens is 116 g/mol. The van der Waals surface area contributed by atoms with Gasteiger partial charge in [0.25, 0.3) is 0 Å². The molecule has 0 atom stereocenters. The first-order valence-electron chi connectivity index (χ1n) is 2.99. The molecule has 0 aliphatic heterocycles. The topological polar surface area (TPSA) is 43.6 Å². The highest BCUT2D eigenvalue weighted by Crippen LogP contribution is 1.74. The zero-order chi connectivity index (χ0) is 7.28. The molecule has 0 bridgehead atoms. The van der Waals surface area contributed by atoms with Crippen molar-refractivity contribution in [2.75, 3.05) is 0 Å². The van der Waals surface area contributed by atoms with Crippen molar-refractivity contribution in [3.05, 3.63) is 5.82 Å². The SMILES string of the molecule is CC.Cc1nnn(C)n1. The molecule has 0 radical (unpaired) electrons. The quantitative estimate of drug-likeness (QED) is 0.512. The number of rotatable bonds is 0. The molecule has 0 aromatic carbocycles. The van der Waals surface area contributed by atoms with Crippen molar-refractivity contribution < 1.29 is 0 Å². The number of aryl methyl sites for hydroxylation is 2. The van der Waals surface area contributed by atoms with Gasteiger partial charge in [-0.25, -0.2) is 0 Å². The Morgan fingerprint density at radius 3 is 2.00 bits per heavy atom. The molecule has 0 fully saturated rings. The first-order valence-corrected chi connectivity index (χ1v) is 2.99. The highest BCUT2D eigenvalue weighted by atomic mass is 15.6. The lowest BCUT2D eigenvalue weighted by molar-refractivity contribution is 0.629. The van der Waals surface area contributed by atoms with Gasteiger partial charge in [-0.2, -0.15) is 4.80 Å². The Balaban J connectivity index is 0.000000291. The Morgan fingerprint density at radius 1 is 1.33 bits per heavy atom. The second-order valence-corrected chi connectivity index (χ2v) is 1.33. The van der Waals surface area contributed by atoms with Crippen molar-refractivity contribution in [2.45, 2.75) is 20.8 Å². The van der Waals surface area contributed by atoms with Crippen LogP contribution >= 0.6 is 0 Å². The molecule has 0 aliphatic carbocycles. The third-order valence-corrected chi connectivity index (χ3v) is 0.608. The molecule has 52 valence electrons. The average Bonchev–Trinajstić information content (AvgIpc) is 2.20. The van der Waals surface area contributed by atoms with E-state index in [2.05, 4.69) is 15.4 Å². The van der Waals surface area contributed by atoms with Crippen LogP contribution in [0.25, 0.3) is 0 Å². The molecule has 1 heterocycles. The summed E-state index contributed by atoms with van der Waals surface area (Å²) in [6, 6.07) is 0. The van der Waals surface area contributed by atoms with Crippen LogP contribution in [0.1, 0.15) is 19.7 Å². The van der Waals surface area contributed by atoms with Crippen molar-refractivity contribution in [3.63, 3.8) is 0 Å².